The minimum absolute atomic E-state index is 0.244. The lowest BCUT2D eigenvalue weighted by atomic mass is 10.1. The van der Waals surface area contributed by atoms with Crippen molar-refractivity contribution in [3.63, 3.8) is 0 Å². The molecule has 0 amide bonds. The zero-order valence-corrected chi connectivity index (χ0v) is 11.6. The Bertz CT molecular complexity index is 590. The fourth-order valence-electron chi connectivity index (χ4n) is 3.28. The summed E-state index contributed by atoms with van der Waals surface area (Å²) >= 11 is 0. The number of carboxylic acid groups (broad SMARTS) is 1. The molecule has 2 saturated heterocycles. The highest BCUT2D eigenvalue weighted by Crippen LogP contribution is 2.29. The smallest absolute Gasteiger partial charge is 0.342 e. The average molecular weight is 291 g/mol. The third-order valence-electron chi connectivity index (χ3n) is 4.36. The first-order valence-electron chi connectivity index (χ1n) is 7.07. The van der Waals surface area contributed by atoms with Crippen molar-refractivity contribution in [3.05, 3.63) is 33.9 Å². The second-order valence-corrected chi connectivity index (χ2v) is 5.54. The van der Waals surface area contributed by atoms with Gasteiger partial charge in [0.25, 0.3) is 5.69 Å². The third-order valence-corrected chi connectivity index (χ3v) is 4.36. The summed E-state index contributed by atoms with van der Waals surface area (Å²) < 4.78 is 0. The Morgan fingerprint density at radius 3 is 2.86 bits per heavy atom. The monoisotopic (exact) mass is 291 g/mol. The highest BCUT2D eigenvalue weighted by atomic mass is 16.6. The van der Waals surface area contributed by atoms with Crippen LogP contribution in [0, 0.1) is 10.1 Å². The molecule has 1 N–H and O–H groups in total. The van der Waals surface area contributed by atoms with Crippen LogP contribution in [-0.2, 0) is 0 Å². The van der Waals surface area contributed by atoms with Crippen molar-refractivity contribution in [2.75, 3.05) is 31.1 Å². The average Bonchev–Trinajstić information content (AvgIpc) is 2.93. The molecule has 2 aliphatic rings. The maximum atomic E-state index is 11.2. The topological polar surface area (TPSA) is 86.9 Å². The van der Waals surface area contributed by atoms with Crippen LogP contribution in [0.2, 0.25) is 0 Å². The van der Waals surface area contributed by atoms with Crippen LogP contribution >= 0.6 is 0 Å². The predicted octanol–water partition coefficient (Wildman–Crippen LogP) is 1.58. The molecular weight excluding hydrogens is 274 g/mol. The van der Waals surface area contributed by atoms with Crippen LogP contribution in [0.5, 0.6) is 0 Å². The molecule has 3 rings (SSSR count). The fourth-order valence-corrected chi connectivity index (χ4v) is 3.28. The van der Waals surface area contributed by atoms with Crippen molar-refractivity contribution in [2.45, 2.75) is 18.9 Å². The summed E-state index contributed by atoms with van der Waals surface area (Å²) in [5, 5.41) is 20.0. The molecule has 1 unspecified atom stereocenters. The van der Waals surface area contributed by atoms with Gasteiger partial charge in [0.15, 0.2) is 0 Å². The Morgan fingerprint density at radius 1 is 1.33 bits per heavy atom. The zero-order valence-electron chi connectivity index (χ0n) is 11.6. The molecule has 0 aromatic heterocycles. The fraction of sp³-hybridized carbons (Fsp3) is 0.500. The summed E-state index contributed by atoms with van der Waals surface area (Å²) in [6.45, 7) is 3.79. The SMILES string of the molecule is O=C(O)c1cc(N2CCN3CCCC3C2)ccc1[N+](=O)[O-]. The molecule has 21 heavy (non-hydrogen) atoms. The molecule has 0 aliphatic carbocycles. The summed E-state index contributed by atoms with van der Waals surface area (Å²) in [6.07, 6.45) is 2.37. The number of carbonyl (C=O) groups is 1. The summed E-state index contributed by atoms with van der Waals surface area (Å²) in [5.41, 5.74) is 0.154. The second kappa shape index (κ2) is 5.33. The Hall–Kier alpha value is -2.15. The van der Waals surface area contributed by atoms with E-state index < -0.39 is 10.9 Å². The highest BCUT2D eigenvalue weighted by molar-refractivity contribution is 5.93. The standard InChI is InChI=1S/C14H17N3O4/c18-14(19)12-8-10(3-4-13(12)17(20)21)16-7-6-15-5-1-2-11(15)9-16/h3-4,8,11H,1-2,5-7,9H2,(H,18,19). The van der Waals surface area contributed by atoms with Gasteiger partial charge in [0, 0.05) is 37.4 Å². The van der Waals surface area contributed by atoms with Gasteiger partial charge in [-0.2, -0.15) is 0 Å². The molecule has 1 aromatic carbocycles. The molecule has 0 spiro atoms. The van der Waals surface area contributed by atoms with Crippen molar-refractivity contribution >= 4 is 17.3 Å². The lowest BCUT2D eigenvalue weighted by Gasteiger charge is -2.38. The Morgan fingerprint density at radius 2 is 2.14 bits per heavy atom. The van der Waals surface area contributed by atoms with Gasteiger partial charge >= 0.3 is 5.97 Å². The van der Waals surface area contributed by atoms with Crippen molar-refractivity contribution in [1.29, 1.82) is 0 Å². The Labute approximate surface area is 121 Å². The van der Waals surface area contributed by atoms with Gasteiger partial charge in [-0.15, -0.1) is 0 Å². The van der Waals surface area contributed by atoms with Gasteiger partial charge < -0.3 is 10.0 Å². The van der Waals surface area contributed by atoms with E-state index in [1.807, 2.05) is 0 Å². The number of hydrogen-bond donors (Lipinski definition) is 1. The number of rotatable bonds is 3. The Balaban J connectivity index is 1.87. The minimum Gasteiger partial charge on any atom is -0.477 e. The maximum Gasteiger partial charge on any atom is 0.342 e. The maximum absolute atomic E-state index is 11.2. The number of piperazine rings is 1. The van der Waals surface area contributed by atoms with Crippen LogP contribution in [0.4, 0.5) is 11.4 Å². The number of hydrogen-bond acceptors (Lipinski definition) is 5. The first-order chi connectivity index (χ1) is 10.1. The molecule has 0 radical (unpaired) electrons. The van der Waals surface area contributed by atoms with Gasteiger partial charge in [-0.05, 0) is 31.5 Å². The van der Waals surface area contributed by atoms with E-state index >= 15 is 0 Å². The van der Waals surface area contributed by atoms with Crippen LogP contribution in [0.3, 0.4) is 0 Å². The molecule has 2 heterocycles. The van der Waals surface area contributed by atoms with Crippen LogP contribution < -0.4 is 4.90 Å². The van der Waals surface area contributed by atoms with Crippen LogP contribution in [0.1, 0.15) is 23.2 Å². The molecule has 1 atom stereocenters. The number of nitro benzene ring substituents is 1. The minimum atomic E-state index is -1.26. The summed E-state index contributed by atoms with van der Waals surface area (Å²) in [4.78, 5) is 26.0. The number of aromatic carboxylic acids is 1. The molecule has 1 aromatic rings. The predicted molar refractivity (Wildman–Crippen MR) is 76.9 cm³/mol. The molecule has 0 bridgehead atoms. The van der Waals surface area contributed by atoms with Crippen molar-refractivity contribution in [2.24, 2.45) is 0 Å². The normalized spacial score (nSPS) is 22.1. The molecule has 2 aliphatic heterocycles. The van der Waals surface area contributed by atoms with E-state index in [0.29, 0.717) is 6.04 Å². The van der Waals surface area contributed by atoms with E-state index in [-0.39, 0.29) is 11.3 Å². The van der Waals surface area contributed by atoms with Gasteiger partial charge in [0.05, 0.1) is 4.92 Å². The lowest BCUT2D eigenvalue weighted by Crippen LogP contribution is -2.50. The number of nitro groups is 1. The Kier molecular flexibility index (Phi) is 3.50. The van der Waals surface area contributed by atoms with Crippen molar-refractivity contribution in [3.8, 4) is 0 Å². The van der Waals surface area contributed by atoms with Crippen molar-refractivity contribution < 1.29 is 14.8 Å². The molecule has 7 heteroatoms. The number of nitrogens with zero attached hydrogens (tertiary/aromatic N) is 3. The molecular formula is C14H17N3O4. The quantitative estimate of drug-likeness (QED) is 0.672. The van der Waals surface area contributed by atoms with Gasteiger partial charge in [-0.3, -0.25) is 15.0 Å². The number of benzene rings is 1. The summed E-state index contributed by atoms with van der Waals surface area (Å²) in [7, 11) is 0. The van der Waals surface area contributed by atoms with E-state index in [0.717, 1.165) is 38.3 Å². The van der Waals surface area contributed by atoms with E-state index in [1.54, 1.807) is 6.07 Å². The van der Waals surface area contributed by atoms with E-state index in [1.165, 1.54) is 18.6 Å². The summed E-state index contributed by atoms with van der Waals surface area (Å²) in [6, 6.07) is 4.88. The van der Waals surface area contributed by atoms with Crippen LogP contribution in [-0.4, -0.2) is 53.1 Å². The molecule has 2 fully saturated rings. The molecule has 112 valence electrons. The van der Waals surface area contributed by atoms with Gasteiger partial charge in [0.2, 0.25) is 0 Å². The van der Waals surface area contributed by atoms with Crippen LogP contribution in [0.15, 0.2) is 18.2 Å². The van der Waals surface area contributed by atoms with Gasteiger partial charge in [-0.25, -0.2) is 4.79 Å². The van der Waals surface area contributed by atoms with Crippen molar-refractivity contribution in [1.82, 2.24) is 4.90 Å². The second-order valence-electron chi connectivity index (χ2n) is 5.54. The third kappa shape index (κ3) is 2.56. The molecule has 0 saturated carbocycles. The number of carboxylic acids is 1. The highest BCUT2D eigenvalue weighted by Gasteiger charge is 2.31. The van der Waals surface area contributed by atoms with Gasteiger partial charge in [-0.1, -0.05) is 0 Å². The van der Waals surface area contributed by atoms with Crippen LogP contribution in [0.25, 0.3) is 0 Å². The van der Waals surface area contributed by atoms with E-state index in [4.69, 9.17) is 5.11 Å². The number of fused-ring (bicyclic) bond motifs is 1. The summed E-state index contributed by atoms with van der Waals surface area (Å²) in [5.74, 6) is -1.26. The number of anilines is 1. The first-order valence-corrected chi connectivity index (χ1v) is 7.07. The van der Waals surface area contributed by atoms with E-state index in [2.05, 4.69) is 9.80 Å². The lowest BCUT2D eigenvalue weighted by molar-refractivity contribution is -0.385. The molecule has 7 nitrogen and oxygen atoms in total. The first kappa shape index (κ1) is 13.8. The van der Waals surface area contributed by atoms with Gasteiger partial charge in [0.1, 0.15) is 5.56 Å². The zero-order chi connectivity index (χ0) is 15.0. The van der Waals surface area contributed by atoms with E-state index in [9.17, 15) is 14.9 Å². The largest absolute Gasteiger partial charge is 0.477 e.